The second-order valence-corrected chi connectivity index (χ2v) is 11.6. The Morgan fingerprint density at radius 3 is 1.89 bits per heavy atom. The van der Waals surface area contributed by atoms with Crippen LogP contribution in [0.1, 0.15) is 83.5 Å². The third-order valence-corrected chi connectivity index (χ3v) is 10.7. The van der Waals surface area contributed by atoms with E-state index in [1.807, 2.05) is 7.11 Å². The highest BCUT2D eigenvalue weighted by molar-refractivity contribution is 7.67. The summed E-state index contributed by atoms with van der Waals surface area (Å²) in [6.07, 6.45) is 18.6. The molecule has 3 fully saturated rings. The Bertz CT molecular complexity index is 568. The van der Waals surface area contributed by atoms with Crippen LogP contribution >= 0.6 is 7.92 Å². The zero-order chi connectivity index (χ0) is 18.5. The van der Waals surface area contributed by atoms with E-state index in [0.29, 0.717) is 0 Å². The molecular weight excluding hydrogens is 349 g/mol. The highest BCUT2D eigenvalue weighted by Gasteiger charge is 2.36. The lowest BCUT2D eigenvalue weighted by molar-refractivity contribution is 0.417. The van der Waals surface area contributed by atoms with E-state index in [-0.39, 0.29) is 7.92 Å². The summed E-state index contributed by atoms with van der Waals surface area (Å²) in [5, 5.41) is 1.65. The predicted octanol–water partition coefficient (Wildman–Crippen LogP) is 6.46. The van der Waals surface area contributed by atoms with Crippen molar-refractivity contribution < 1.29 is 4.74 Å². The molecule has 4 rings (SSSR count). The molecule has 27 heavy (non-hydrogen) atoms. The van der Waals surface area contributed by atoms with Crippen LogP contribution in [0.4, 0.5) is 5.69 Å². The minimum Gasteiger partial charge on any atom is -0.496 e. The summed E-state index contributed by atoms with van der Waals surface area (Å²) >= 11 is 0. The number of hydrogen-bond acceptors (Lipinski definition) is 2. The van der Waals surface area contributed by atoms with Crippen molar-refractivity contribution in [3.05, 3.63) is 18.2 Å². The van der Waals surface area contributed by atoms with E-state index in [9.17, 15) is 0 Å². The van der Waals surface area contributed by atoms with Gasteiger partial charge >= 0.3 is 0 Å². The van der Waals surface area contributed by atoms with E-state index in [4.69, 9.17) is 4.74 Å². The molecule has 3 heteroatoms. The summed E-state index contributed by atoms with van der Waals surface area (Å²) in [4.78, 5) is 2.70. The minimum absolute atomic E-state index is 0.131. The van der Waals surface area contributed by atoms with Gasteiger partial charge in [0.15, 0.2) is 0 Å². The molecule has 0 radical (unpaired) electrons. The topological polar surface area (TPSA) is 12.5 Å². The molecule has 150 valence electrons. The van der Waals surface area contributed by atoms with Gasteiger partial charge < -0.3 is 9.64 Å². The molecular formula is C24H38NOP. The lowest BCUT2D eigenvalue weighted by atomic mass is 9.99. The zero-order valence-corrected chi connectivity index (χ0v) is 18.2. The van der Waals surface area contributed by atoms with E-state index in [1.165, 1.54) is 108 Å². The molecule has 1 aromatic rings. The summed E-state index contributed by atoms with van der Waals surface area (Å²) in [5.74, 6) is 1.19. The molecule has 3 aliphatic rings. The summed E-state index contributed by atoms with van der Waals surface area (Å²) in [6.45, 7) is 2.47. The largest absolute Gasteiger partial charge is 0.496 e. The number of hydrogen-bond donors (Lipinski definition) is 0. The van der Waals surface area contributed by atoms with Crippen LogP contribution in [0.15, 0.2) is 18.2 Å². The molecule has 2 nitrogen and oxygen atoms in total. The highest BCUT2D eigenvalue weighted by atomic mass is 31.1. The number of nitrogens with zero attached hydrogens (tertiary/aromatic N) is 1. The number of benzene rings is 1. The van der Waals surface area contributed by atoms with Crippen LogP contribution in [0, 0.1) is 0 Å². The highest BCUT2D eigenvalue weighted by Crippen LogP contribution is 2.57. The van der Waals surface area contributed by atoms with E-state index in [2.05, 4.69) is 23.1 Å². The van der Waals surface area contributed by atoms with E-state index in [1.54, 1.807) is 5.30 Å². The molecule has 2 saturated carbocycles. The molecule has 0 atom stereocenters. The van der Waals surface area contributed by atoms with Gasteiger partial charge in [-0.1, -0.05) is 52.5 Å². The lowest BCUT2D eigenvalue weighted by Gasteiger charge is -2.42. The van der Waals surface area contributed by atoms with Gasteiger partial charge in [-0.2, -0.15) is 0 Å². The molecule has 0 amide bonds. The Balaban J connectivity index is 1.74. The fraction of sp³-hybridized carbons (Fsp3) is 0.750. The Morgan fingerprint density at radius 1 is 0.778 bits per heavy atom. The molecule has 1 aromatic carbocycles. The monoisotopic (exact) mass is 387 g/mol. The summed E-state index contributed by atoms with van der Waals surface area (Å²) in [6, 6.07) is 6.91. The average molecular weight is 388 g/mol. The molecule has 0 spiro atoms. The van der Waals surface area contributed by atoms with E-state index in [0.717, 1.165) is 11.3 Å². The van der Waals surface area contributed by atoms with Crippen LogP contribution in [-0.4, -0.2) is 31.5 Å². The van der Waals surface area contributed by atoms with Gasteiger partial charge in [0.05, 0.1) is 7.11 Å². The minimum atomic E-state index is -0.131. The predicted molar refractivity (Wildman–Crippen MR) is 119 cm³/mol. The third-order valence-electron chi connectivity index (χ3n) is 7.09. The second-order valence-electron chi connectivity index (χ2n) is 8.87. The average Bonchev–Trinajstić information content (AvgIpc) is 2.76. The fourth-order valence-electron chi connectivity index (χ4n) is 5.71. The van der Waals surface area contributed by atoms with Crippen molar-refractivity contribution in [2.24, 2.45) is 0 Å². The first-order chi connectivity index (χ1) is 13.4. The van der Waals surface area contributed by atoms with Crippen LogP contribution in [0.25, 0.3) is 0 Å². The van der Waals surface area contributed by atoms with Gasteiger partial charge in [0.2, 0.25) is 0 Å². The van der Waals surface area contributed by atoms with Gasteiger partial charge in [-0.15, -0.1) is 0 Å². The van der Waals surface area contributed by atoms with Crippen molar-refractivity contribution in [3.63, 3.8) is 0 Å². The van der Waals surface area contributed by atoms with Crippen LogP contribution in [-0.2, 0) is 0 Å². The number of rotatable bonds is 5. The zero-order valence-electron chi connectivity index (χ0n) is 17.3. The van der Waals surface area contributed by atoms with Crippen molar-refractivity contribution in [1.29, 1.82) is 0 Å². The maximum Gasteiger partial charge on any atom is 0.128 e. The third kappa shape index (κ3) is 4.47. The molecule has 1 heterocycles. The normalized spacial score (nSPS) is 23.0. The Labute approximate surface area is 167 Å². The molecule has 1 saturated heterocycles. The van der Waals surface area contributed by atoms with Gasteiger partial charge in [0.25, 0.3) is 0 Å². The Kier molecular flexibility index (Phi) is 6.98. The maximum absolute atomic E-state index is 6.03. The molecule has 0 N–H and O–H groups in total. The summed E-state index contributed by atoms with van der Waals surface area (Å²) < 4.78 is 6.03. The van der Waals surface area contributed by atoms with E-state index < -0.39 is 0 Å². The first kappa shape index (κ1) is 19.6. The van der Waals surface area contributed by atoms with Gasteiger partial charge in [-0.3, -0.25) is 0 Å². The SMILES string of the molecule is COc1cccc(N2CCCCC2)c1P(C1CCCCC1)C1CCCCC1. The van der Waals surface area contributed by atoms with Crippen LogP contribution in [0.5, 0.6) is 5.75 Å². The standard InChI is InChI=1S/C24H38NOP/c1-26-23-17-11-16-22(25-18-9-4-10-19-25)24(23)27(20-12-5-2-6-13-20)21-14-7-3-8-15-21/h11,16-17,20-21H,2-10,12-15,18-19H2,1H3. The van der Waals surface area contributed by atoms with Crippen molar-refractivity contribution in [2.75, 3.05) is 25.1 Å². The van der Waals surface area contributed by atoms with Crippen molar-refractivity contribution in [1.82, 2.24) is 0 Å². The molecule has 0 aromatic heterocycles. The summed E-state index contributed by atoms with van der Waals surface area (Å²) in [5.41, 5.74) is 3.39. The quantitative estimate of drug-likeness (QED) is 0.538. The van der Waals surface area contributed by atoms with Crippen molar-refractivity contribution >= 4 is 18.9 Å². The van der Waals surface area contributed by atoms with Crippen molar-refractivity contribution in [3.8, 4) is 5.75 Å². The first-order valence-corrected chi connectivity index (χ1v) is 13.1. The number of methoxy groups -OCH3 is 1. The van der Waals surface area contributed by atoms with Crippen LogP contribution < -0.4 is 14.9 Å². The first-order valence-electron chi connectivity index (χ1n) is 11.6. The Hall–Kier alpha value is -0.750. The number of ether oxygens (including phenoxy) is 1. The maximum atomic E-state index is 6.03. The van der Waals surface area contributed by atoms with E-state index >= 15 is 0 Å². The summed E-state index contributed by atoms with van der Waals surface area (Å²) in [7, 11) is 1.77. The fourth-order valence-corrected chi connectivity index (χ4v) is 9.78. The molecule has 2 aliphatic carbocycles. The van der Waals surface area contributed by atoms with Gasteiger partial charge in [-0.25, -0.2) is 0 Å². The van der Waals surface area contributed by atoms with Gasteiger partial charge in [0, 0.05) is 24.1 Å². The van der Waals surface area contributed by atoms with Gasteiger partial charge in [0.1, 0.15) is 5.75 Å². The van der Waals surface area contributed by atoms with Gasteiger partial charge in [-0.05, 0) is 68.4 Å². The molecule has 0 bridgehead atoms. The number of anilines is 1. The number of piperidine rings is 1. The van der Waals surface area contributed by atoms with Crippen LogP contribution in [0.2, 0.25) is 0 Å². The smallest absolute Gasteiger partial charge is 0.128 e. The molecule has 1 aliphatic heterocycles. The second kappa shape index (κ2) is 9.64. The lowest BCUT2D eigenvalue weighted by Crippen LogP contribution is -2.35. The van der Waals surface area contributed by atoms with Crippen molar-refractivity contribution in [2.45, 2.75) is 94.8 Å². The van der Waals surface area contributed by atoms with Crippen LogP contribution in [0.3, 0.4) is 0 Å². The molecule has 0 unspecified atom stereocenters. The Morgan fingerprint density at radius 2 is 1.33 bits per heavy atom.